The van der Waals surface area contributed by atoms with Crippen LogP contribution < -0.4 is 9.47 Å². The summed E-state index contributed by atoms with van der Waals surface area (Å²) in [5.74, 6) is 2.75. The fourth-order valence-corrected chi connectivity index (χ4v) is 2.84. The maximum Gasteiger partial charge on any atom is 0.226 e. The predicted octanol–water partition coefficient (Wildman–Crippen LogP) is 2.91. The Bertz CT molecular complexity index is 1110. The lowest BCUT2D eigenvalue weighted by atomic mass is 10.1. The first-order chi connectivity index (χ1) is 14.2. The number of oxazole rings is 1. The van der Waals surface area contributed by atoms with Gasteiger partial charge in [0.15, 0.2) is 11.5 Å². The second kappa shape index (κ2) is 8.11. The Morgan fingerprint density at radius 3 is 2.72 bits per heavy atom. The van der Waals surface area contributed by atoms with Crippen LogP contribution in [0.3, 0.4) is 0 Å². The van der Waals surface area contributed by atoms with Gasteiger partial charge in [-0.3, -0.25) is 0 Å². The van der Waals surface area contributed by atoms with Gasteiger partial charge in [0, 0.05) is 11.1 Å². The number of nitrogens with one attached hydrogen (secondary N) is 1. The molecule has 0 aliphatic carbocycles. The summed E-state index contributed by atoms with van der Waals surface area (Å²) in [6.45, 7) is 1.99. The van der Waals surface area contributed by atoms with E-state index in [4.69, 9.17) is 13.9 Å². The molecule has 9 heteroatoms. The number of H-pyrrole nitrogens is 1. The molecule has 0 amide bonds. The molecule has 0 spiro atoms. The van der Waals surface area contributed by atoms with Crippen molar-refractivity contribution >= 4 is 0 Å². The summed E-state index contributed by atoms with van der Waals surface area (Å²) in [6, 6.07) is 12.8. The molecular formula is C20H19N5O4. The van der Waals surface area contributed by atoms with Crippen molar-refractivity contribution in [2.45, 2.75) is 20.1 Å². The van der Waals surface area contributed by atoms with Gasteiger partial charge in [-0.25, -0.2) is 4.98 Å². The lowest BCUT2D eigenvalue weighted by Gasteiger charge is -2.10. The number of aromatic amines is 1. The van der Waals surface area contributed by atoms with E-state index in [1.54, 1.807) is 25.3 Å². The number of aromatic nitrogens is 5. The molecule has 2 N–H and O–H groups in total. The van der Waals surface area contributed by atoms with E-state index in [1.807, 2.05) is 31.2 Å². The van der Waals surface area contributed by atoms with Gasteiger partial charge in [0.2, 0.25) is 11.7 Å². The summed E-state index contributed by atoms with van der Waals surface area (Å²) in [6.07, 6.45) is 0. The fourth-order valence-electron chi connectivity index (χ4n) is 2.84. The van der Waals surface area contributed by atoms with E-state index in [-0.39, 0.29) is 13.2 Å². The topological polar surface area (TPSA) is 119 Å². The van der Waals surface area contributed by atoms with E-state index in [9.17, 15) is 5.11 Å². The standard InChI is InChI=1S/C20H19N5O4/c1-12-16(11-28-17-7-6-13(10-26)8-18(17)27-2)21-20(29-12)15-5-3-4-14(9-15)19-22-24-25-23-19/h3-9,26H,10-11H2,1-2H3,(H,22,23,24,25). The van der Waals surface area contributed by atoms with E-state index in [0.717, 1.165) is 16.7 Å². The highest BCUT2D eigenvalue weighted by Crippen LogP contribution is 2.30. The van der Waals surface area contributed by atoms with Gasteiger partial charge < -0.3 is 19.0 Å². The minimum absolute atomic E-state index is 0.0642. The zero-order valence-corrected chi connectivity index (χ0v) is 15.9. The lowest BCUT2D eigenvalue weighted by molar-refractivity contribution is 0.272. The Morgan fingerprint density at radius 2 is 1.97 bits per heavy atom. The number of nitrogens with zero attached hydrogens (tertiary/aromatic N) is 4. The molecule has 0 bridgehead atoms. The van der Waals surface area contributed by atoms with Crippen LogP contribution in [0, 0.1) is 6.92 Å². The van der Waals surface area contributed by atoms with E-state index in [2.05, 4.69) is 25.6 Å². The van der Waals surface area contributed by atoms with Crippen molar-refractivity contribution in [3.05, 3.63) is 59.5 Å². The number of aliphatic hydroxyl groups is 1. The lowest BCUT2D eigenvalue weighted by Crippen LogP contribution is -2.00. The van der Waals surface area contributed by atoms with E-state index >= 15 is 0 Å². The Hall–Kier alpha value is -3.72. The molecule has 2 aromatic heterocycles. The molecule has 148 valence electrons. The van der Waals surface area contributed by atoms with E-state index in [1.165, 1.54) is 0 Å². The second-order valence-electron chi connectivity index (χ2n) is 6.27. The van der Waals surface area contributed by atoms with Gasteiger partial charge in [-0.15, -0.1) is 10.2 Å². The summed E-state index contributed by atoms with van der Waals surface area (Å²) < 4.78 is 17.0. The van der Waals surface area contributed by atoms with Gasteiger partial charge in [0.1, 0.15) is 18.1 Å². The summed E-state index contributed by atoms with van der Waals surface area (Å²) in [5.41, 5.74) is 3.03. The molecule has 0 unspecified atom stereocenters. The van der Waals surface area contributed by atoms with Crippen molar-refractivity contribution in [3.8, 4) is 34.3 Å². The van der Waals surface area contributed by atoms with Crippen LogP contribution >= 0.6 is 0 Å². The van der Waals surface area contributed by atoms with Crippen molar-refractivity contribution in [2.24, 2.45) is 0 Å². The van der Waals surface area contributed by atoms with Gasteiger partial charge in [0.25, 0.3) is 0 Å². The summed E-state index contributed by atoms with van der Waals surface area (Å²) in [5, 5.41) is 23.3. The molecule has 9 nitrogen and oxygen atoms in total. The third-order valence-electron chi connectivity index (χ3n) is 4.38. The van der Waals surface area contributed by atoms with Crippen LogP contribution in [0.15, 0.2) is 46.9 Å². The van der Waals surface area contributed by atoms with Crippen molar-refractivity contribution in [3.63, 3.8) is 0 Å². The summed E-state index contributed by atoms with van der Waals surface area (Å²) >= 11 is 0. The largest absolute Gasteiger partial charge is 0.493 e. The van der Waals surface area contributed by atoms with Crippen LogP contribution in [0.1, 0.15) is 17.0 Å². The molecule has 2 heterocycles. The number of tetrazole rings is 1. The first-order valence-corrected chi connectivity index (χ1v) is 8.89. The average molecular weight is 393 g/mol. The molecule has 4 aromatic rings. The van der Waals surface area contributed by atoms with Gasteiger partial charge in [0.05, 0.1) is 13.7 Å². The van der Waals surface area contributed by atoms with Gasteiger partial charge in [-0.05, 0) is 42.0 Å². The van der Waals surface area contributed by atoms with Crippen LogP contribution in [0.5, 0.6) is 11.5 Å². The Kier molecular flexibility index (Phi) is 5.21. The van der Waals surface area contributed by atoms with Crippen molar-refractivity contribution in [2.75, 3.05) is 7.11 Å². The SMILES string of the molecule is COc1cc(CO)ccc1OCc1nc(-c2cccc(-c3nn[nH]n3)c2)oc1C. The van der Waals surface area contributed by atoms with Crippen molar-refractivity contribution < 1.29 is 19.0 Å². The van der Waals surface area contributed by atoms with E-state index < -0.39 is 0 Å². The fraction of sp³-hybridized carbons (Fsp3) is 0.200. The predicted molar refractivity (Wildman–Crippen MR) is 103 cm³/mol. The molecular weight excluding hydrogens is 374 g/mol. The minimum Gasteiger partial charge on any atom is -0.493 e. The molecule has 4 rings (SSSR count). The van der Waals surface area contributed by atoms with Crippen molar-refractivity contribution in [1.29, 1.82) is 0 Å². The molecule has 2 aromatic carbocycles. The van der Waals surface area contributed by atoms with Gasteiger partial charge in [-0.1, -0.05) is 18.2 Å². The number of benzene rings is 2. The number of aliphatic hydroxyl groups excluding tert-OH is 1. The van der Waals surface area contributed by atoms with Gasteiger partial charge >= 0.3 is 0 Å². The smallest absolute Gasteiger partial charge is 0.226 e. The highest BCUT2D eigenvalue weighted by atomic mass is 16.5. The minimum atomic E-state index is -0.0642. The molecule has 0 aliphatic heterocycles. The Labute approximate surface area is 166 Å². The number of rotatable bonds is 7. The van der Waals surface area contributed by atoms with Crippen LogP contribution in [-0.4, -0.2) is 37.8 Å². The summed E-state index contributed by atoms with van der Waals surface area (Å²) in [7, 11) is 1.56. The Balaban J connectivity index is 1.54. The second-order valence-corrected chi connectivity index (χ2v) is 6.27. The Morgan fingerprint density at radius 1 is 1.10 bits per heavy atom. The molecule has 0 aliphatic rings. The quantitative estimate of drug-likeness (QED) is 0.492. The van der Waals surface area contributed by atoms with Crippen LogP contribution in [-0.2, 0) is 13.2 Å². The maximum absolute atomic E-state index is 9.25. The molecule has 0 radical (unpaired) electrons. The first kappa shape index (κ1) is 18.6. The van der Waals surface area contributed by atoms with Crippen LogP contribution in [0.4, 0.5) is 0 Å². The average Bonchev–Trinajstić information content (AvgIpc) is 3.42. The third kappa shape index (κ3) is 3.94. The highest BCUT2D eigenvalue weighted by molar-refractivity contribution is 5.65. The number of methoxy groups -OCH3 is 1. The molecule has 29 heavy (non-hydrogen) atoms. The number of ether oxygens (including phenoxy) is 2. The zero-order valence-electron chi connectivity index (χ0n) is 15.9. The van der Waals surface area contributed by atoms with Crippen molar-refractivity contribution in [1.82, 2.24) is 25.6 Å². The molecule has 0 saturated carbocycles. The van der Waals surface area contributed by atoms with Crippen LogP contribution in [0.2, 0.25) is 0 Å². The molecule has 0 fully saturated rings. The number of hydrogen-bond donors (Lipinski definition) is 2. The molecule has 0 saturated heterocycles. The molecule has 0 atom stereocenters. The monoisotopic (exact) mass is 393 g/mol. The maximum atomic E-state index is 9.25. The van der Waals surface area contributed by atoms with Gasteiger partial charge in [-0.2, -0.15) is 5.21 Å². The normalized spacial score (nSPS) is 10.9. The zero-order chi connectivity index (χ0) is 20.2. The number of hydrogen-bond acceptors (Lipinski definition) is 8. The van der Waals surface area contributed by atoms with E-state index in [0.29, 0.717) is 34.7 Å². The number of aryl methyl sites for hydroxylation is 1. The highest BCUT2D eigenvalue weighted by Gasteiger charge is 2.15. The third-order valence-corrected chi connectivity index (χ3v) is 4.38. The van der Waals surface area contributed by atoms with Crippen LogP contribution in [0.25, 0.3) is 22.8 Å². The first-order valence-electron chi connectivity index (χ1n) is 8.89. The summed E-state index contributed by atoms with van der Waals surface area (Å²) in [4.78, 5) is 4.57.